The Bertz CT molecular complexity index is 861. The highest BCUT2D eigenvalue weighted by atomic mass is 28.1. The third-order valence-corrected chi connectivity index (χ3v) is 4.99. The van der Waals surface area contributed by atoms with Crippen molar-refractivity contribution >= 4 is 16.3 Å². The van der Waals surface area contributed by atoms with Gasteiger partial charge in [0.05, 0.1) is 11.1 Å². The minimum absolute atomic E-state index is 0.126. The van der Waals surface area contributed by atoms with Crippen molar-refractivity contribution < 1.29 is 26.3 Å². The second-order valence-corrected chi connectivity index (χ2v) is 6.46. The van der Waals surface area contributed by atoms with E-state index in [1.165, 1.54) is 6.07 Å². The first-order valence-corrected chi connectivity index (χ1v) is 7.89. The summed E-state index contributed by atoms with van der Waals surface area (Å²) in [5.41, 5.74) is -0.441. The topological polar surface area (TPSA) is 0 Å². The summed E-state index contributed by atoms with van der Waals surface area (Å²) in [5.74, 6) is 0. The van der Waals surface area contributed by atoms with Crippen LogP contribution in [0.15, 0.2) is 42.0 Å². The number of allylic oxidation sites excluding steroid dienone is 1. The van der Waals surface area contributed by atoms with E-state index in [-0.39, 0.29) is 22.7 Å². The van der Waals surface area contributed by atoms with E-state index < -0.39 is 23.5 Å². The van der Waals surface area contributed by atoms with Gasteiger partial charge in [0, 0.05) is 10.2 Å². The zero-order valence-electron chi connectivity index (χ0n) is 12.9. The van der Waals surface area contributed by atoms with Gasteiger partial charge in [-0.15, -0.1) is 0 Å². The molecule has 0 saturated heterocycles. The van der Waals surface area contributed by atoms with Gasteiger partial charge in [-0.05, 0) is 46.9 Å². The maximum atomic E-state index is 13.4. The fraction of sp³-hybridized carbons (Fsp3) is 0.222. The SMILES string of the molecule is CC1=Cc2c(-c3ccc(C(F)(F)F)cc3C(F)(F)F)cccc2C1[Si]. The molecule has 0 nitrogen and oxygen atoms in total. The van der Waals surface area contributed by atoms with Crippen LogP contribution < -0.4 is 0 Å². The standard InChI is InChI=1S/C18H11F6Si/c1-9-7-14-11(3-2-4-13(14)16(9)25)12-6-5-10(17(19,20)21)8-15(12)18(22,23)24/h2-8,16H,1H3. The largest absolute Gasteiger partial charge is 0.417 e. The summed E-state index contributed by atoms with van der Waals surface area (Å²) >= 11 is 0. The van der Waals surface area contributed by atoms with Crippen molar-refractivity contribution in [1.82, 2.24) is 0 Å². The molecular formula is C18H11F6Si. The lowest BCUT2D eigenvalue weighted by atomic mass is 9.92. The molecule has 0 bridgehead atoms. The Balaban J connectivity index is 2.27. The molecule has 1 aliphatic rings. The Morgan fingerprint density at radius 2 is 1.56 bits per heavy atom. The van der Waals surface area contributed by atoms with Crippen LogP contribution in [0.3, 0.4) is 0 Å². The molecule has 3 radical (unpaired) electrons. The molecule has 1 atom stereocenters. The summed E-state index contributed by atoms with van der Waals surface area (Å²) in [6, 6.07) is 6.62. The molecule has 0 amide bonds. The quantitative estimate of drug-likeness (QED) is 0.426. The number of rotatable bonds is 1. The molecule has 2 aromatic carbocycles. The number of fused-ring (bicyclic) bond motifs is 1. The monoisotopic (exact) mass is 369 g/mol. The first kappa shape index (κ1) is 17.8. The molecule has 7 heteroatoms. The van der Waals surface area contributed by atoms with Crippen molar-refractivity contribution in [2.45, 2.75) is 24.8 Å². The molecule has 0 fully saturated rings. The number of hydrogen-bond acceptors (Lipinski definition) is 0. The Morgan fingerprint density at radius 3 is 2.16 bits per heavy atom. The lowest BCUT2D eigenvalue weighted by Crippen LogP contribution is -2.12. The molecule has 1 unspecified atom stereocenters. The maximum absolute atomic E-state index is 13.4. The van der Waals surface area contributed by atoms with Gasteiger partial charge in [0.1, 0.15) is 0 Å². The fourth-order valence-electron chi connectivity index (χ4n) is 2.98. The lowest BCUT2D eigenvalue weighted by molar-refractivity contribution is -0.142. The number of halogens is 6. The Hall–Kier alpha value is -2.02. The average Bonchev–Trinajstić information content (AvgIpc) is 2.80. The maximum Gasteiger partial charge on any atom is 0.417 e. The number of alkyl halides is 6. The van der Waals surface area contributed by atoms with Crippen molar-refractivity contribution in [2.24, 2.45) is 0 Å². The Kier molecular flexibility index (Phi) is 4.10. The van der Waals surface area contributed by atoms with Crippen molar-refractivity contribution in [2.75, 3.05) is 0 Å². The predicted octanol–water partition coefficient (Wildman–Crippen LogP) is 6.02. The van der Waals surface area contributed by atoms with E-state index in [2.05, 4.69) is 10.2 Å². The summed E-state index contributed by atoms with van der Waals surface area (Å²) in [4.78, 5) is 0. The fourth-order valence-corrected chi connectivity index (χ4v) is 3.31. The second-order valence-electron chi connectivity index (χ2n) is 5.89. The van der Waals surface area contributed by atoms with Gasteiger partial charge >= 0.3 is 12.4 Å². The molecule has 2 aromatic rings. The highest BCUT2D eigenvalue weighted by molar-refractivity contribution is 6.16. The molecule has 25 heavy (non-hydrogen) atoms. The van der Waals surface area contributed by atoms with Crippen molar-refractivity contribution in [1.29, 1.82) is 0 Å². The van der Waals surface area contributed by atoms with Crippen molar-refractivity contribution in [3.63, 3.8) is 0 Å². The molecule has 0 spiro atoms. The van der Waals surface area contributed by atoms with Crippen LogP contribution in [-0.2, 0) is 12.4 Å². The summed E-state index contributed by atoms with van der Waals surface area (Å²) in [5, 5.41) is 0. The minimum Gasteiger partial charge on any atom is -0.166 e. The molecule has 1 aliphatic carbocycles. The van der Waals surface area contributed by atoms with Gasteiger partial charge < -0.3 is 0 Å². The van der Waals surface area contributed by atoms with Gasteiger partial charge in [-0.25, -0.2) is 0 Å². The van der Waals surface area contributed by atoms with Gasteiger partial charge in [0.2, 0.25) is 0 Å². The van der Waals surface area contributed by atoms with Gasteiger partial charge in [-0.1, -0.05) is 35.9 Å². The first-order valence-electron chi connectivity index (χ1n) is 7.31. The van der Waals surface area contributed by atoms with Crippen LogP contribution in [0.4, 0.5) is 26.3 Å². The summed E-state index contributed by atoms with van der Waals surface area (Å²) in [7, 11) is 3.52. The minimum atomic E-state index is -4.90. The van der Waals surface area contributed by atoms with E-state index in [4.69, 9.17) is 0 Å². The molecule has 129 valence electrons. The first-order chi connectivity index (χ1) is 11.5. The summed E-state index contributed by atoms with van der Waals surface area (Å²) in [6.07, 6.45) is -7.99. The van der Waals surface area contributed by atoms with E-state index in [1.54, 1.807) is 18.2 Å². The van der Waals surface area contributed by atoms with Crippen LogP contribution in [0, 0.1) is 0 Å². The van der Waals surface area contributed by atoms with Gasteiger partial charge in [0.15, 0.2) is 0 Å². The molecule has 0 aromatic heterocycles. The van der Waals surface area contributed by atoms with Gasteiger partial charge in [-0.3, -0.25) is 0 Å². The van der Waals surface area contributed by atoms with Crippen LogP contribution in [0.25, 0.3) is 17.2 Å². The molecule has 0 saturated carbocycles. The molecule has 0 aliphatic heterocycles. The average molecular weight is 369 g/mol. The van der Waals surface area contributed by atoms with Crippen LogP contribution in [0.5, 0.6) is 0 Å². The normalized spacial score (nSPS) is 17.4. The van der Waals surface area contributed by atoms with Crippen molar-refractivity contribution in [3.8, 4) is 11.1 Å². The van der Waals surface area contributed by atoms with E-state index in [0.29, 0.717) is 11.6 Å². The highest BCUT2D eigenvalue weighted by Crippen LogP contribution is 2.45. The van der Waals surface area contributed by atoms with Crippen molar-refractivity contribution in [3.05, 3.63) is 64.2 Å². The molecular weight excluding hydrogens is 358 g/mol. The summed E-state index contributed by atoms with van der Waals surface area (Å²) < 4.78 is 78.7. The summed E-state index contributed by atoms with van der Waals surface area (Å²) in [6.45, 7) is 1.83. The number of benzene rings is 2. The lowest BCUT2D eigenvalue weighted by Gasteiger charge is -2.18. The van der Waals surface area contributed by atoms with Crippen LogP contribution >= 0.6 is 0 Å². The zero-order valence-corrected chi connectivity index (χ0v) is 13.9. The van der Waals surface area contributed by atoms with Gasteiger partial charge in [-0.2, -0.15) is 26.3 Å². The smallest absolute Gasteiger partial charge is 0.166 e. The van der Waals surface area contributed by atoms with Crippen LogP contribution in [-0.4, -0.2) is 10.2 Å². The third kappa shape index (κ3) is 3.12. The Labute approximate surface area is 143 Å². The van der Waals surface area contributed by atoms with E-state index in [0.717, 1.165) is 17.2 Å². The van der Waals surface area contributed by atoms with E-state index in [9.17, 15) is 26.3 Å². The zero-order chi connectivity index (χ0) is 18.6. The highest BCUT2D eigenvalue weighted by Gasteiger charge is 2.39. The second kappa shape index (κ2) is 5.76. The number of hydrogen-bond donors (Lipinski definition) is 0. The van der Waals surface area contributed by atoms with Crippen LogP contribution in [0.2, 0.25) is 0 Å². The third-order valence-electron chi connectivity index (χ3n) is 4.22. The molecule has 0 heterocycles. The van der Waals surface area contributed by atoms with E-state index in [1.807, 2.05) is 6.92 Å². The van der Waals surface area contributed by atoms with Gasteiger partial charge in [0.25, 0.3) is 0 Å². The predicted molar refractivity (Wildman–Crippen MR) is 84.0 cm³/mol. The van der Waals surface area contributed by atoms with E-state index >= 15 is 0 Å². The molecule has 3 rings (SSSR count). The molecule has 0 N–H and O–H groups in total. The Morgan fingerprint density at radius 1 is 0.880 bits per heavy atom. The van der Waals surface area contributed by atoms with Crippen LogP contribution in [0.1, 0.15) is 34.7 Å².